The van der Waals surface area contributed by atoms with E-state index in [1.807, 2.05) is 11.4 Å². The summed E-state index contributed by atoms with van der Waals surface area (Å²) in [6.45, 7) is 2.22. The van der Waals surface area contributed by atoms with Crippen LogP contribution in [0.5, 0.6) is 5.75 Å². The molecule has 4 saturated carbocycles. The number of nitrogens with one attached hydrogen (secondary N) is 1. The number of anilines is 1. The van der Waals surface area contributed by atoms with Gasteiger partial charge in [0.2, 0.25) is 0 Å². The van der Waals surface area contributed by atoms with Crippen LogP contribution in [0.25, 0.3) is 0 Å². The number of benzene rings is 2. The molecule has 0 spiro atoms. The molecule has 2 atom stereocenters. The summed E-state index contributed by atoms with van der Waals surface area (Å²) >= 11 is 4.94. The highest BCUT2D eigenvalue weighted by molar-refractivity contribution is 9.11. The van der Waals surface area contributed by atoms with Crippen molar-refractivity contribution >= 4 is 38.9 Å². The number of fused-ring (bicyclic) bond motifs is 1. The quantitative estimate of drug-likeness (QED) is 0.270. The first kappa shape index (κ1) is 27.5. The van der Waals surface area contributed by atoms with Crippen LogP contribution in [0.15, 0.2) is 51.8 Å². The van der Waals surface area contributed by atoms with Crippen molar-refractivity contribution in [2.24, 2.45) is 17.8 Å². The summed E-state index contributed by atoms with van der Waals surface area (Å²) in [5.74, 6) is 3.61. The average molecular weight is 635 g/mol. The van der Waals surface area contributed by atoms with E-state index >= 15 is 0 Å². The summed E-state index contributed by atoms with van der Waals surface area (Å²) in [6, 6.07) is 15.3. The number of hydrogen-bond donors (Lipinski definition) is 1. The van der Waals surface area contributed by atoms with Crippen molar-refractivity contribution in [3.63, 3.8) is 0 Å². The Balaban J connectivity index is 1.24. The van der Waals surface area contributed by atoms with Crippen molar-refractivity contribution in [3.8, 4) is 5.75 Å². The molecule has 0 saturated heterocycles. The number of ether oxygens (including phenoxy) is 1. The summed E-state index contributed by atoms with van der Waals surface area (Å²) < 4.78 is 6.35. The number of methoxy groups -OCH3 is 1. The monoisotopic (exact) mass is 633 g/mol. The summed E-state index contributed by atoms with van der Waals surface area (Å²) in [7, 11) is 1.72. The Morgan fingerprint density at radius 2 is 1.80 bits per heavy atom. The fraction of sp³-hybridized carbons (Fsp3) is 0.529. The second-order valence-corrected chi connectivity index (χ2v) is 15.2. The van der Waals surface area contributed by atoms with Gasteiger partial charge in [-0.05, 0) is 126 Å². The number of unbranched alkanes of at least 4 members (excludes halogenated alkanes) is 1. The Morgan fingerprint density at radius 3 is 2.41 bits per heavy atom. The predicted molar refractivity (Wildman–Crippen MR) is 169 cm³/mol. The minimum Gasteiger partial charge on any atom is -0.497 e. The molecular weight excluding hydrogens is 594 g/mol. The van der Waals surface area contributed by atoms with Crippen LogP contribution in [0, 0.1) is 17.8 Å². The van der Waals surface area contributed by atoms with Crippen molar-refractivity contribution in [2.45, 2.75) is 88.8 Å². The van der Waals surface area contributed by atoms with Crippen LogP contribution in [0.2, 0.25) is 0 Å². The van der Waals surface area contributed by atoms with Gasteiger partial charge >= 0.3 is 0 Å². The molecule has 7 heteroatoms. The molecule has 2 aromatic carbocycles. The van der Waals surface area contributed by atoms with E-state index in [0.717, 1.165) is 58.7 Å². The number of thiazole rings is 1. The Hall–Kier alpha value is -2.38. The molecule has 1 amide bonds. The Kier molecular flexibility index (Phi) is 7.39. The molecule has 8 rings (SSSR count). The number of carbonyl (C=O) groups is 1. The SMILES string of the molecule is CCCC[C@H]1Cc2cc(OC)ccc2[C@H](c2ccc(NC34CC5CC(CC(C5)C3)C4)cc2)N1C(=O)c1csc(Br)n1. The molecule has 0 unspecified atom stereocenters. The van der Waals surface area contributed by atoms with Crippen LogP contribution >= 0.6 is 27.3 Å². The van der Waals surface area contributed by atoms with Crippen molar-refractivity contribution in [1.29, 1.82) is 0 Å². The fourth-order valence-electron chi connectivity index (χ4n) is 8.97. The van der Waals surface area contributed by atoms with E-state index in [0.29, 0.717) is 5.69 Å². The molecule has 2 heterocycles. The lowest BCUT2D eigenvalue weighted by Crippen LogP contribution is -2.54. The predicted octanol–water partition coefficient (Wildman–Crippen LogP) is 8.64. The van der Waals surface area contributed by atoms with Crippen LogP contribution in [0.1, 0.15) is 97.9 Å². The van der Waals surface area contributed by atoms with Gasteiger partial charge in [0.25, 0.3) is 5.91 Å². The van der Waals surface area contributed by atoms with Gasteiger partial charge in [-0.25, -0.2) is 4.98 Å². The molecule has 1 aliphatic heterocycles. The molecule has 4 aliphatic carbocycles. The molecule has 0 radical (unpaired) electrons. The molecule has 5 aliphatic rings. The smallest absolute Gasteiger partial charge is 0.274 e. The van der Waals surface area contributed by atoms with Gasteiger partial charge < -0.3 is 15.0 Å². The number of halogens is 1. The lowest BCUT2D eigenvalue weighted by molar-refractivity contribution is 0.0107. The molecular formula is C34H40BrN3O2S. The Labute approximate surface area is 256 Å². The van der Waals surface area contributed by atoms with Gasteiger partial charge in [-0.1, -0.05) is 38.0 Å². The van der Waals surface area contributed by atoms with E-state index in [1.165, 1.54) is 66.7 Å². The van der Waals surface area contributed by atoms with Crippen molar-refractivity contribution in [3.05, 3.63) is 74.1 Å². The zero-order valence-electron chi connectivity index (χ0n) is 24.1. The number of carbonyl (C=O) groups excluding carboxylic acids is 1. The van der Waals surface area contributed by atoms with Gasteiger partial charge in [0.15, 0.2) is 3.92 Å². The fourth-order valence-corrected chi connectivity index (χ4v) is 9.96. The highest BCUT2D eigenvalue weighted by Crippen LogP contribution is 2.56. The van der Waals surface area contributed by atoms with Crippen molar-refractivity contribution < 1.29 is 9.53 Å². The van der Waals surface area contributed by atoms with Gasteiger partial charge in [0, 0.05) is 22.6 Å². The molecule has 1 aromatic heterocycles. The third-order valence-electron chi connectivity index (χ3n) is 10.3. The average Bonchev–Trinajstić information content (AvgIpc) is 3.40. The van der Waals surface area contributed by atoms with E-state index in [9.17, 15) is 4.79 Å². The second-order valence-electron chi connectivity index (χ2n) is 13.1. The maximum Gasteiger partial charge on any atom is 0.274 e. The number of hydrogen-bond acceptors (Lipinski definition) is 5. The summed E-state index contributed by atoms with van der Waals surface area (Å²) in [6.07, 6.45) is 12.3. The number of rotatable bonds is 8. The van der Waals surface area contributed by atoms with Gasteiger partial charge in [-0.2, -0.15) is 0 Å². The Bertz CT molecular complexity index is 1380. The minimum absolute atomic E-state index is 0.00953. The van der Waals surface area contributed by atoms with Crippen molar-refractivity contribution in [2.75, 3.05) is 12.4 Å². The minimum atomic E-state index is -0.173. The number of amides is 1. The van der Waals surface area contributed by atoms with Crippen LogP contribution in [-0.4, -0.2) is 34.5 Å². The first-order chi connectivity index (χ1) is 19.9. The summed E-state index contributed by atoms with van der Waals surface area (Å²) in [5.41, 5.74) is 5.61. The lowest BCUT2D eigenvalue weighted by atomic mass is 9.53. The standard InChI is InChI=1S/C34H40BrN3O2S/c1-3-4-5-27-15-25-16-28(40-2)10-11-29(25)31(38(27)32(39)30-20-41-33(35)36-30)24-6-8-26(9-7-24)37-34-17-21-12-22(18-34)14-23(13-21)19-34/h6-11,16,20-23,27,31,37H,3-5,12-15,17-19H2,1-2H3/t21?,22?,23?,27-,31-,34?/m0/s1. The molecule has 1 N–H and O–H groups in total. The molecule has 4 bridgehead atoms. The lowest BCUT2D eigenvalue weighted by Gasteiger charge is -2.57. The third-order valence-corrected chi connectivity index (χ3v) is 11.6. The van der Waals surface area contributed by atoms with Gasteiger partial charge in [-0.3, -0.25) is 4.79 Å². The number of nitrogens with zero attached hydrogens (tertiary/aromatic N) is 2. The summed E-state index contributed by atoms with van der Waals surface area (Å²) in [5, 5.41) is 5.92. The maximum absolute atomic E-state index is 14.2. The normalized spacial score (nSPS) is 29.8. The van der Waals surface area contributed by atoms with Crippen LogP contribution < -0.4 is 10.1 Å². The zero-order chi connectivity index (χ0) is 28.1. The molecule has 216 valence electrons. The van der Waals surface area contributed by atoms with E-state index in [4.69, 9.17) is 4.74 Å². The zero-order valence-corrected chi connectivity index (χ0v) is 26.5. The third kappa shape index (κ3) is 5.22. The van der Waals surface area contributed by atoms with E-state index < -0.39 is 0 Å². The second kappa shape index (κ2) is 11.0. The first-order valence-electron chi connectivity index (χ1n) is 15.4. The van der Waals surface area contributed by atoms with Gasteiger partial charge in [0.1, 0.15) is 11.4 Å². The van der Waals surface area contributed by atoms with E-state index in [2.05, 4.69) is 74.5 Å². The highest BCUT2D eigenvalue weighted by atomic mass is 79.9. The van der Waals surface area contributed by atoms with E-state index in [-0.39, 0.29) is 23.5 Å². The Morgan fingerprint density at radius 1 is 1.10 bits per heavy atom. The van der Waals surface area contributed by atoms with Crippen LogP contribution in [0.3, 0.4) is 0 Å². The van der Waals surface area contributed by atoms with Gasteiger partial charge in [0.05, 0.1) is 13.2 Å². The molecule has 3 aromatic rings. The van der Waals surface area contributed by atoms with Gasteiger partial charge in [-0.15, -0.1) is 11.3 Å². The molecule has 5 nitrogen and oxygen atoms in total. The van der Waals surface area contributed by atoms with E-state index in [1.54, 1.807) is 7.11 Å². The van der Waals surface area contributed by atoms with Crippen molar-refractivity contribution in [1.82, 2.24) is 9.88 Å². The maximum atomic E-state index is 14.2. The number of aromatic nitrogens is 1. The highest BCUT2D eigenvalue weighted by Gasteiger charge is 2.51. The van der Waals surface area contributed by atoms with Crippen LogP contribution in [0.4, 0.5) is 5.69 Å². The van der Waals surface area contributed by atoms with Crippen LogP contribution in [-0.2, 0) is 6.42 Å². The topological polar surface area (TPSA) is 54.5 Å². The largest absolute Gasteiger partial charge is 0.497 e. The molecule has 4 fully saturated rings. The molecule has 41 heavy (non-hydrogen) atoms. The first-order valence-corrected chi connectivity index (χ1v) is 17.1. The summed E-state index contributed by atoms with van der Waals surface area (Å²) in [4.78, 5) is 20.9.